The summed E-state index contributed by atoms with van der Waals surface area (Å²) in [5, 5.41) is 5.15. The molecule has 0 radical (unpaired) electrons. The zero-order valence-electron chi connectivity index (χ0n) is 19.2. The van der Waals surface area contributed by atoms with Crippen molar-refractivity contribution in [3.05, 3.63) is 88.4 Å². The molecule has 6 rings (SSSR count). The van der Waals surface area contributed by atoms with Gasteiger partial charge in [-0.3, -0.25) is 4.79 Å². The van der Waals surface area contributed by atoms with Crippen LogP contribution in [-0.4, -0.2) is 48.5 Å². The summed E-state index contributed by atoms with van der Waals surface area (Å²) in [5.74, 6) is -0.191. The number of halogens is 2. The van der Waals surface area contributed by atoms with Gasteiger partial charge in [-0.2, -0.15) is 0 Å². The number of ketones is 1. The van der Waals surface area contributed by atoms with E-state index in [0.717, 1.165) is 36.4 Å². The van der Waals surface area contributed by atoms with Gasteiger partial charge >= 0.3 is 5.97 Å². The number of nitrogens with zero attached hydrogens (tertiary/aromatic N) is 1. The third kappa shape index (κ3) is 5.74. The van der Waals surface area contributed by atoms with Crippen molar-refractivity contribution < 1.29 is 35.6 Å². The summed E-state index contributed by atoms with van der Waals surface area (Å²) in [5.41, 5.74) is 1.43. The molecular formula is C27H28ClFN2O3S. The van der Waals surface area contributed by atoms with Crippen molar-refractivity contribution in [2.75, 3.05) is 31.5 Å². The molecule has 35 heavy (non-hydrogen) atoms. The Kier molecular flexibility index (Phi) is 7.89. The zero-order valence-corrected chi connectivity index (χ0v) is 20.8. The number of quaternary nitrogens is 1. The number of carbonyl (C=O) groups excluding carboxylic acids is 2. The summed E-state index contributed by atoms with van der Waals surface area (Å²) < 4.78 is 20.2. The highest BCUT2D eigenvalue weighted by Crippen LogP contribution is 2.37. The van der Waals surface area contributed by atoms with Crippen LogP contribution in [0.4, 0.5) is 10.1 Å². The van der Waals surface area contributed by atoms with E-state index in [1.165, 1.54) is 23.5 Å². The van der Waals surface area contributed by atoms with Crippen LogP contribution in [-0.2, 0) is 9.53 Å². The lowest BCUT2D eigenvalue weighted by molar-refractivity contribution is -0.938. The minimum Gasteiger partial charge on any atom is -1.00 e. The molecular weight excluding hydrogens is 487 g/mol. The molecule has 3 saturated heterocycles. The minimum absolute atomic E-state index is 0. The van der Waals surface area contributed by atoms with E-state index in [1.807, 2.05) is 47.8 Å². The fourth-order valence-corrected chi connectivity index (χ4v) is 5.91. The van der Waals surface area contributed by atoms with Crippen molar-refractivity contribution in [2.24, 2.45) is 5.92 Å². The van der Waals surface area contributed by atoms with Crippen LogP contribution < -0.4 is 17.7 Å². The Balaban J connectivity index is 0.00000289. The standard InChI is InChI=1S/C27H28FN2O3S.ClH/c28-21-8-10-22(11-9-21)29-26(20-5-2-1-3-6-20)27(32)33-24-18-30(14-12-19(24)13-15-30)17-23(31)25-7-4-16-34-25;/h1-11,16,19,24,26,29H,12-15,17-18H2;1H/q+1;/p-1/t19?,24-,26+,30?;/m0./s1. The van der Waals surface area contributed by atoms with Gasteiger partial charge in [-0.1, -0.05) is 36.4 Å². The average Bonchev–Trinajstić information content (AvgIpc) is 3.40. The van der Waals surface area contributed by atoms with Crippen LogP contribution in [0.1, 0.15) is 34.1 Å². The van der Waals surface area contributed by atoms with Crippen molar-refractivity contribution in [3.8, 4) is 0 Å². The maximum absolute atomic E-state index is 13.4. The van der Waals surface area contributed by atoms with Crippen molar-refractivity contribution >= 4 is 28.8 Å². The molecule has 0 spiro atoms. The summed E-state index contributed by atoms with van der Waals surface area (Å²) in [4.78, 5) is 27.1. The maximum Gasteiger partial charge on any atom is 0.333 e. The quantitative estimate of drug-likeness (QED) is 0.284. The number of rotatable bonds is 8. The van der Waals surface area contributed by atoms with Crippen molar-refractivity contribution in [3.63, 3.8) is 0 Å². The van der Waals surface area contributed by atoms with Crippen LogP contribution in [0.5, 0.6) is 0 Å². The minimum atomic E-state index is -0.705. The molecule has 2 aromatic carbocycles. The first-order chi connectivity index (χ1) is 16.5. The van der Waals surface area contributed by atoms with Gasteiger partial charge in [0, 0.05) is 24.4 Å². The van der Waals surface area contributed by atoms with Crippen LogP contribution in [0.15, 0.2) is 72.1 Å². The topological polar surface area (TPSA) is 55.4 Å². The number of anilines is 1. The van der Waals surface area contributed by atoms with E-state index in [9.17, 15) is 14.0 Å². The van der Waals surface area contributed by atoms with Gasteiger partial charge in [0.2, 0.25) is 5.78 Å². The molecule has 8 heteroatoms. The summed E-state index contributed by atoms with van der Waals surface area (Å²) in [6, 6.07) is 18.5. The van der Waals surface area contributed by atoms with Gasteiger partial charge in [0.1, 0.15) is 18.9 Å². The number of hydrogen-bond donors (Lipinski definition) is 1. The van der Waals surface area contributed by atoms with E-state index in [1.54, 1.807) is 12.1 Å². The second-order valence-corrected chi connectivity index (χ2v) is 10.3. The van der Waals surface area contributed by atoms with E-state index >= 15 is 0 Å². The van der Waals surface area contributed by atoms with E-state index < -0.39 is 6.04 Å². The van der Waals surface area contributed by atoms with E-state index in [-0.39, 0.29) is 36.1 Å². The second kappa shape index (κ2) is 10.9. The highest BCUT2D eigenvalue weighted by atomic mass is 35.5. The fourth-order valence-electron chi connectivity index (χ4n) is 5.25. The number of fused-ring (bicyclic) bond motifs is 3. The molecule has 184 valence electrons. The number of carbonyl (C=O) groups is 2. The van der Waals surface area contributed by atoms with Gasteiger partial charge in [-0.05, 0) is 41.3 Å². The van der Waals surface area contributed by atoms with Crippen molar-refractivity contribution in [1.29, 1.82) is 0 Å². The largest absolute Gasteiger partial charge is 1.00 e. The molecule has 3 aliphatic heterocycles. The monoisotopic (exact) mass is 514 g/mol. The Morgan fingerprint density at radius 3 is 2.40 bits per heavy atom. The van der Waals surface area contributed by atoms with E-state index in [0.29, 0.717) is 29.2 Å². The Morgan fingerprint density at radius 2 is 1.74 bits per heavy atom. The Bertz CT molecular complexity index is 1130. The van der Waals surface area contributed by atoms with Crippen LogP contribution in [0.3, 0.4) is 0 Å². The number of Topliss-reactive ketones (excluding diaryl/α,β-unsaturated/α-hetero) is 1. The molecule has 4 heterocycles. The molecule has 0 unspecified atom stereocenters. The summed E-state index contributed by atoms with van der Waals surface area (Å²) >= 11 is 1.48. The summed E-state index contributed by atoms with van der Waals surface area (Å²) in [6.07, 6.45) is 1.70. The molecule has 2 bridgehead atoms. The Labute approximate surface area is 214 Å². The molecule has 3 aliphatic rings. The van der Waals surface area contributed by atoms with Gasteiger partial charge < -0.3 is 26.9 Å². The summed E-state index contributed by atoms with van der Waals surface area (Å²) in [7, 11) is 0. The van der Waals surface area contributed by atoms with Crippen LogP contribution in [0.25, 0.3) is 0 Å². The Hall–Kier alpha value is -2.74. The fraction of sp³-hybridized carbons (Fsp3) is 0.333. The number of piperidine rings is 3. The second-order valence-electron chi connectivity index (χ2n) is 9.34. The van der Waals surface area contributed by atoms with Gasteiger partial charge in [0.05, 0.1) is 18.0 Å². The number of thiophene rings is 1. The molecule has 1 aromatic heterocycles. The summed E-state index contributed by atoms with van der Waals surface area (Å²) in [6.45, 7) is 3.03. The number of ether oxygens (including phenoxy) is 1. The molecule has 2 atom stereocenters. The van der Waals surface area contributed by atoms with E-state index in [2.05, 4.69) is 5.32 Å². The average molecular weight is 515 g/mol. The smallest absolute Gasteiger partial charge is 0.333 e. The number of hydrogen-bond acceptors (Lipinski definition) is 5. The predicted octanol–water partition coefficient (Wildman–Crippen LogP) is 2.08. The van der Waals surface area contributed by atoms with Crippen molar-refractivity contribution in [2.45, 2.75) is 25.0 Å². The van der Waals surface area contributed by atoms with E-state index in [4.69, 9.17) is 4.74 Å². The first-order valence-electron chi connectivity index (χ1n) is 11.7. The molecule has 0 saturated carbocycles. The lowest BCUT2D eigenvalue weighted by atomic mass is 9.83. The SMILES string of the molecule is O=C(C[N+]12CCC(CC1)[C@@H](OC(=O)[C@H](Nc1ccc(F)cc1)c1ccccc1)C2)c1cccs1.[Cl-]. The maximum atomic E-state index is 13.4. The molecule has 3 fully saturated rings. The van der Waals surface area contributed by atoms with Crippen LogP contribution >= 0.6 is 11.3 Å². The molecule has 3 aromatic rings. The third-order valence-corrected chi connectivity index (χ3v) is 8.02. The first kappa shape index (κ1) is 25.4. The molecule has 1 N–H and O–H groups in total. The molecule has 5 nitrogen and oxygen atoms in total. The molecule has 0 amide bonds. The van der Waals surface area contributed by atoms with Gasteiger partial charge in [-0.25, -0.2) is 9.18 Å². The first-order valence-corrected chi connectivity index (χ1v) is 12.6. The van der Waals surface area contributed by atoms with Gasteiger partial charge in [0.15, 0.2) is 12.1 Å². The molecule has 0 aliphatic carbocycles. The number of benzene rings is 2. The lowest BCUT2D eigenvalue weighted by Gasteiger charge is -2.51. The van der Waals surface area contributed by atoms with Gasteiger partial charge in [-0.15, -0.1) is 11.3 Å². The number of nitrogens with one attached hydrogen (secondary N) is 1. The normalized spacial score (nSPS) is 23.7. The van der Waals surface area contributed by atoms with Crippen molar-refractivity contribution in [1.82, 2.24) is 0 Å². The predicted molar refractivity (Wildman–Crippen MR) is 130 cm³/mol. The highest BCUT2D eigenvalue weighted by Gasteiger charge is 2.49. The number of esters is 1. The highest BCUT2D eigenvalue weighted by molar-refractivity contribution is 7.12. The lowest BCUT2D eigenvalue weighted by Crippen LogP contribution is -3.00. The van der Waals surface area contributed by atoms with Gasteiger partial charge in [0.25, 0.3) is 0 Å². The van der Waals surface area contributed by atoms with Crippen LogP contribution in [0.2, 0.25) is 0 Å². The third-order valence-electron chi connectivity index (χ3n) is 7.11. The zero-order chi connectivity index (χ0) is 23.5. The van der Waals surface area contributed by atoms with Crippen LogP contribution in [0, 0.1) is 11.7 Å². The Morgan fingerprint density at radius 1 is 1.03 bits per heavy atom.